The lowest BCUT2D eigenvalue weighted by Gasteiger charge is -2.04. The molecule has 0 bridgehead atoms. The first kappa shape index (κ1) is 8.81. The summed E-state index contributed by atoms with van der Waals surface area (Å²) in [5, 5.41) is 0.596. The summed E-state index contributed by atoms with van der Waals surface area (Å²) in [6.45, 7) is 1.80. The number of hydrogen-bond acceptors (Lipinski definition) is 1. The van der Waals surface area contributed by atoms with Crippen LogP contribution in [0.5, 0.6) is 0 Å². The Morgan fingerprint density at radius 1 is 1.64 bits per heavy atom. The first-order valence-corrected chi connectivity index (χ1v) is 4.22. The van der Waals surface area contributed by atoms with Crippen LogP contribution in [0.4, 0.5) is 0 Å². The molecule has 0 fully saturated rings. The summed E-state index contributed by atoms with van der Waals surface area (Å²) in [5.41, 5.74) is 0.715. The Labute approximate surface area is 77.9 Å². The Bertz CT molecular complexity index is 345. The minimum atomic E-state index is -0.0631. The maximum Gasteiger partial charge on any atom is 0.264 e. The van der Waals surface area contributed by atoms with Crippen LogP contribution >= 0.6 is 27.5 Å². The molecule has 0 aliphatic carbocycles. The SMILES string of the molecule is Cc1c(Cl)cc(Br)c(=O)n1C. The molecule has 1 heterocycles. The van der Waals surface area contributed by atoms with E-state index in [2.05, 4.69) is 15.9 Å². The summed E-state index contributed by atoms with van der Waals surface area (Å²) in [6, 6.07) is 1.61. The predicted octanol–water partition coefficient (Wildman–Crippen LogP) is 2.11. The molecule has 0 aliphatic rings. The highest BCUT2D eigenvalue weighted by atomic mass is 79.9. The molecule has 1 aromatic heterocycles. The van der Waals surface area contributed by atoms with Gasteiger partial charge in [0, 0.05) is 12.7 Å². The number of pyridine rings is 1. The van der Waals surface area contributed by atoms with Gasteiger partial charge in [0.15, 0.2) is 0 Å². The molecule has 0 atom stereocenters. The van der Waals surface area contributed by atoms with Crippen LogP contribution < -0.4 is 5.56 Å². The summed E-state index contributed by atoms with van der Waals surface area (Å²) in [6.07, 6.45) is 0. The highest BCUT2D eigenvalue weighted by Crippen LogP contribution is 2.15. The van der Waals surface area contributed by atoms with Gasteiger partial charge in [0.25, 0.3) is 5.56 Å². The third-order valence-electron chi connectivity index (χ3n) is 1.61. The number of rotatable bonds is 0. The van der Waals surface area contributed by atoms with Gasteiger partial charge in [-0.1, -0.05) is 11.6 Å². The highest BCUT2D eigenvalue weighted by Gasteiger charge is 2.04. The third kappa shape index (κ3) is 1.49. The third-order valence-corrected chi connectivity index (χ3v) is 2.56. The van der Waals surface area contributed by atoms with Gasteiger partial charge in [-0.25, -0.2) is 0 Å². The molecule has 1 rings (SSSR count). The van der Waals surface area contributed by atoms with Crippen molar-refractivity contribution in [3.05, 3.63) is 31.6 Å². The van der Waals surface area contributed by atoms with Crippen LogP contribution in [0.15, 0.2) is 15.3 Å². The molecule has 0 aliphatic heterocycles. The molecule has 60 valence electrons. The van der Waals surface area contributed by atoms with Gasteiger partial charge in [-0.3, -0.25) is 4.79 Å². The van der Waals surface area contributed by atoms with Gasteiger partial charge in [-0.15, -0.1) is 0 Å². The summed E-state index contributed by atoms with van der Waals surface area (Å²) in [7, 11) is 1.69. The van der Waals surface area contributed by atoms with E-state index < -0.39 is 0 Å². The van der Waals surface area contributed by atoms with E-state index in [0.29, 0.717) is 9.50 Å². The van der Waals surface area contributed by atoms with Crippen molar-refractivity contribution in [3.63, 3.8) is 0 Å². The monoisotopic (exact) mass is 235 g/mol. The molecule has 0 amide bonds. The number of hydrogen-bond donors (Lipinski definition) is 0. The molecule has 0 spiro atoms. The molecular formula is C7H7BrClNO. The van der Waals surface area contributed by atoms with Crippen molar-refractivity contribution in [2.45, 2.75) is 6.92 Å². The van der Waals surface area contributed by atoms with Crippen molar-refractivity contribution < 1.29 is 0 Å². The van der Waals surface area contributed by atoms with Gasteiger partial charge < -0.3 is 4.57 Å². The lowest BCUT2D eigenvalue weighted by Crippen LogP contribution is -2.19. The van der Waals surface area contributed by atoms with E-state index in [1.807, 2.05) is 0 Å². The molecule has 4 heteroatoms. The molecule has 11 heavy (non-hydrogen) atoms. The zero-order valence-corrected chi connectivity index (χ0v) is 8.53. The smallest absolute Gasteiger partial charge is 0.264 e. The fourth-order valence-electron chi connectivity index (χ4n) is 0.750. The van der Waals surface area contributed by atoms with Crippen molar-refractivity contribution in [2.75, 3.05) is 0 Å². The van der Waals surface area contributed by atoms with E-state index in [1.54, 1.807) is 20.0 Å². The van der Waals surface area contributed by atoms with Crippen LogP contribution in [-0.2, 0) is 7.05 Å². The van der Waals surface area contributed by atoms with E-state index in [0.717, 1.165) is 5.69 Å². The second kappa shape index (κ2) is 2.99. The van der Waals surface area contributed by atoms with Gasteiger partial charge in [0.2, 0.25) is 0 Å². The van der Waals surface area contributed by atoms with Crippen LogP contribution in [0.2, 0.25) is 5.02 Å². The lowest BCUT2D eigenvalue weighted by atomic mass is 10.4. The number of aromatic nitrogens is 1. The Kier molecular flexibility index (Phi) is 2.40. The summed E-state index contributed by atoms with van der Waals surface area (Å²) in [4.78, 5) is 11.2. The second-order valence-corrected chi connectivity index (χ2v) is 3.55. The van der Waals surface area contributed by atoms with Crippen molar-refractivity contribution >= 4 is 27.5 Å². The molecule has 0 saturated heterocycles. The van der Waals surface area contributed by atoms with Crippen LogP contribution in [0.3, 0.4) is 0 Å². The van der Waals surface area contributed by atoms with E-state index >= 15 is 0 Å². The van der Waals surface area contributed by atoms with Gasteiger partial charge in [-0.05, 0) is 28.9 Å². The van der Waals surface area contributed by atoms with Gasteiger partial charge in [0.05, 0.1) is 9.50 Å². The molecule has 1 aromatic rings. The maximum absolute atomic E-state index is 11.2. The van der Waals surface area contributed by atoms with Crippen molar-refractivity contribution in [1.29, 1.82) is 0 Å². The minimum absolute atomic E-state index is 0.0631. The summed E-state index contributed by atoms with van der Waals surface area (Å²) >= 11 is 8.91. The van der Waals surface area contributed by atoms with Crippen molar-refractivity contribution in [3.8, 4) is 0 Å². The van der Waals surface area contributed by atoms with Crippen LogP contribution in [0.1, 0.15) is 5.69 Å². The Morgan fingerprint density at radius 2 is 2.18 bits per heavy atom. The quantitative estimate of drug-likeness (QED) is 0.676. The zero-order valence-electron chi connectivity index (χ0n) is 6.19. The molecular weight excluding hydrogens is 229 g/mol. The maximum atomic E-state index is 11.2. The fourth-order valence-corrected chi connectivity index (χ4v) is 1.61. The van der Waals surface area contributed by atoms with Crippen LogP contribution in [0, 0.1) is 6.92 Å². The summed E-state index contributed by atoms with van der Waals surface area (Å²) < 4.78 is 2.00. The second-order valence-electron chi connectivity index (χ2n) is 2.29. The average molecular weight is 236 g/mol. The highest BCUT2D eigenvalue weighted by molar-refractivity contribution is 9.10. The van der Waals surface area contributed by atoms with E-state index in [1.165, 1.54) is 4.57 Å². The van der Waals surface area contributed by atoms with Gasteiger partial charge in [0.1, 0.15) is 0 Å². The first-order valence-electron chi connectivity index (χ1n) is 3.05. The molecule has 0 aromatic carbocycles. The van der Waals surface area contributed by atoms with Crippen molar-refractivity contribution in [2.24, 2.45) is 7.05 Å². The molecule has 0 radical (unpaired) electrons. The number of halogens is 2. The Balaban J connectivity index is 3.59. The first-order chi connectivity index (χ1) is 5.04. The topological polar surface area (TPSA) is 22.0 Å². The largest absolute Gasteiger partial charge is 0.314 e. The van der Waals surface area contributed by atoms with E-state index in [9.17, 15) is 4.79 Å². The molecule has 0 N–H and O–H groups in total. The van der Waals surface area contributed by atoms with E-state index in [-0.39, 0.29) is 5.56 Å². The minimum Gasteiger partial charge on any atom is -0.314 e. The average Bonchev–Trinajstić information content (AvgIpc) is 1.97. The Morgan fingerprint density at radius 3 is 2.73 bits per heavy atom. The van der Waals surface area contributed by atoms with Crippen LogP contribution in [0.25, 0.3) is 0 Å². The van der Waals surface area contributed by atoms with Crippen LogP contribution in [-0.4, -0.2) is 4.57 Å². The molecule has 2 nitrogen and oxygen atoms in total. The number of nitrogens with zero attached hydrogens (tertiary/aromatic N) is 1. The Hall–Kier alpha value is -0.280. The van der Waals surface area contributed by atoms with E-state index in [4.69, 9.17) is 11.6 Å². The zero-order chi connectivity index (χ0) is 8.59. The summed E-state index contributed by atoms with van der Waals surface area (Å²) in [5.74, 6) is 0. The molecule has 0 saturated carbocycles. The van der Waals surface area contributed by atoms with Crippen molar-refractivity contribution in [1.82, 2.24) is 4.57 Å². The standard InChI is InChI=1S/C7H7BrClNO/c1-4-6(9)3-5(8)7(11)10(4)2/h3H,1-2H3. The van der Waals surface area contributed by atoms with Gasteiger partial charge >= 0.3 is 0 Å². The van der Waals surface area contributed by atoms with Gasteiger partial charge in [-0.2, -0.15) is 0 Å². The lowest BCUT2D eigenvalue weighted by molar-refractivity contribution is 0.813. The predicted molar refractivity (Wildman–Crippen MR) is 49.1 cm³/mol. The fraction of sp³-hybridized carbons (Fsp3) is 0.286. The molecule has 0 unspecified atom stereocenters. The normalized spacial score (nSPS) is 10.2.